The molecule has 1 aliphatic carbocycles. The summed E-state index contributed by atoms with van der Waals surface area (Å²) in [4.78, 5) is 15.9. The van der Waals surface area contributed by atoms with E-state index in [0.717, 1.165) is 35.7 Å². The van der Waals surface area contributed by atoms with Crippen LogP contribution >= 0.6 is 7.14 Å². The van der Waals surface area contributed by atoms with Gasteiger partial charge in [-0.3, -0.25) is 4.79 Å². The Bertz CT molecular complexity index is 2370. The minimum atomic E-state index is -2.91. The summed E-state index contributed by atoms with van der Waals surface area (Å²) in [5, 5.41) is 8.31. The van der Waals surface area contributed by atoms with Crippen molar-refractivity contribution in [3.05, 3.63) is 160 Å². The molecular formula is C47H48BN2O3P. The van der Waals surface area contributed by atoms with Crippen LogP contribution in [0.4, 0.5) is 11.4 Å². The van der Waals surface area contributed by atoms with Crippen molar-refractivity contribution in [3.8, 4) is 0 Å². The Morgan fingerprint density at radius 1 is 0.815 bits per heavy atom. The number of fused-ring (bicyclic) bond motifs is 1. The second-order valence-corrected chi connectivity index (χ2v) is 18.6. The number of benzene rings is 6. The van der Waals surface area contributed by atoms with Crippen molar-refractivity contribution >= 4 is 58.3 Å². The smallest absolute Gasteiger partial charge is 0.409 e. The summed E-state index contributed by atoms with van der Waals surface area (Å²) >= 11 is 0. The molecule has 54 heavy (non-hydrogen) atoms. The second-order valence-electron chi connectivity index (χ2n) is 15.6. The number of hydrogen-bond donors (Lipinski definition) is 1. The van der Waals surface area contributed by atoms with Crippen molar-refractivity contribution < 1.29 is 14.1 Å². The van der Waals surface area contributed by atoms with E-state index in [9.17, 15) is 4.79 Å². The fraction of sp³-hybridized carbons (Fsp3) is 0.255. The molecule has 0 bridgehead atoms. The van der Waals surface area contributed by atoms with Crippen LogP contribution in [0.15, 0.2) is 121 Å². The molecule has 0 amide bonds. The van der Waals surface area contributed by atoms with Gasteiger partial charge in [-0.25, -0.2) is 0 Å². The summed E-state index contributed by atoms with van der Waals surface area (Å²) < 4.78 is 20.6. The van der Waals surface area contributed by atoms with Crippen LogP contribution in [-0.2, 0) is 39.9 Å². The maximum absolute atomic E-state index is 15.2. The Hall–Kier alpha value is -5.06. The molecule has 6 aromatic rings. The van der Waals surface area contributed by atoms with E-state index in [2.05, 4.69) is 91.5 Å². The van der Waals surface area contributed by atoms with Crippen molar-refractivity contribution in [3.63, 3.8) is 0 Å². The van der Waals surface area contributed by atoms with Crippen molar-refractivity contribution in [1.29, 1.82) is 0 Å². The number of ether oxygens (including phenoxy) is 1. The van der Waals surface area contributed by atoms with Gasteiger partial charge in [0, 0.05) is 40.1 Å². The average Bonchev–Trinajstić information content (AvgIpc) is 3.57. The molecule has 0 radical (unpaired) electrons. The number of aryl methyl sites for hydroxylation is 1. The zero-order valence-corrected chi connectivity index (χ0v) is 32.9. The highest BCUT2D eigenvalue weighted by atomic mass is 31.2. The van der Waals surface area contributed by atoms with Gasteiger partial charge in [0.05, 0.1) is 12.5 Å². The van der Waals surface area contributed by atoms with E-state index in [4.69, 9.17) is 4.74 Å². The zero-order chi connectivity index (χ0) is 37.6. The first-order valence-corrected chi connectivity index (χ1v) is 21.0. The Morgan fingerprint density at radius 2 is 1.43 bits per heavy atom. The first kappa shape index (κ1) is 35.9. The fourth-order valence-corrected chi connectivity index (χ4v) is 12.0. The molecule has 8 rings (SSSR count). The van der Waals surface area contributed by atoms with Crippen LogP contribution in [0.1, 0.15) is 52.3 Å². The number of nitrogens with zero attached hydrogens (tertiary/aromatic N) is 1. The molecule has 0 spiro atoms. The topological polar surface area (TPSA) is 58.6 Å². The van der Waals surface area contributed by atoms with Gasteiger partial charge in [0.1, 0.15) is 7.14 Å². The van der Waals surface area contributed by atoms with Crippen LogP contribution in [0.5, 0.6) is 0 Å². The number of rotatable bonds is 10. The molecule has 1 aliphatic heterocycles. The number of carbonyl (C=O) groups excluding carboxylic acids is 1. The van der Waals surface area contributed by atoms with E-state index < -0.39 is 12.6 Å². The Kier molecular flexibility index (Phi) is 9.52. The van der Waals surface area contributed by atoms with E-state index in [1.807, 2.05) is 67.6 Å². The lowest BCUT2D eigenvalue weighted by molar-refractivity contribution is -0.151. The summed E-state index contributed by atoms with van der Waals surface area (Å²) in [5.74, 6) is -0.162. The van der Waals surface area contributed by atoms with Gasteiger partial charge in [0.2, 0.25) is 0 Å². The normalized spacial score (nSPS) is 16.3. The first-order chi connectivity index (χ1) is 26.1. The van der Waals surface area contributed by atoms with E-state index in [1.165, 1.54) is 68.0 Å². The van der Waals surface area contributed by atoms with Gasteiger partial charge >= 0.3 is 13.0 Å². The van der Waals surface area contributed by atoms with Crippen molar-refractivity contribution in [2.45, 2.75) is 59.9 Å². The predicted molar refractivity (Wildman–Crippen MR) is 227 cm³/mol. The quantitative estimate of drug-likeness (QED) is 0.0868. The van der Waals surface area contributed by atoms with Gasteiger partial charge in [-0.05, 0) is 115 Å². The van der Waals surface area contributed by atoms with Crippen molar-refractivity contribution in [1.82, 2.24) is 0 Å². The lowest BCUT2D eigenvalue weighted by Crippen LogP contribution is -2.58. The van der Waals surface area contributed by atoms with Crippen molar-refractivity contribution in [2.75, 3.05) is 23.3 Å². The zero-order valence-electron chi connectivity index (χ0n) is 32.0. The average molecular weight is 731 g/mol. The summed E-state index contributed by atoms with van der Waals surface area (Å²) in [6.45, 7) is 9.28. The van der Waals surface area contributed by atoms with Crippen LogP contribution < -0.4 is 26.1 Å². The van der Waals surface area contributed by atoms with Gasteiger partial charge in [0.25, 0.3) is 0 Å². The summed E-state index contributed by atoms with van der Waals surface area (Å²) in [5.41, 5.74) is 11.7. The van der Waals surface area contributed by atoms with Gasteiger partial charge < -0.3 is 19.3 Å². The molecule has 6 aromatic carbocycles. The molecule has 2 aliphatic rings. The minimum absolute atomic E-state index is 0.162. The molecule has 0 saturated carbocycles. The third-order valence-corrected chi connectivity index (χ3v) is 15.2. The number of anilines is 2. The number of carbonyl (C=O) groups is 1. The van der Waals surface area contributed by atoms with Gasteiger partial charge in [0.15, 0.2) is 0 Å². The van der Waals surface area contributed by atoms with Crippen LogP contribution in [-0.4, -0.2) is 26.2 Å². The highest BCUT2D eigenvalue weighted by Crippen LogP contribution is 2.46. The number of esters is 1. The Morgan fingerprint density at radius 3 is 2.06 bits per heavy atom. The van der Waals surface area contributed by atoms with E-state index >= 15 is 4.57 Å². The van der Waals surface area contributed by atoms with Crippen LogP contribution in [0.3, 0.4) is 0 Å². The highest BCUT2D eigenvalue weighted by molar-refractivity contribution is 7.78. The van der Waals surface area contributed by atoms with Crippen LogP contribution in [0.25, 0.3) is 10.8 Å². The minimum Gasteiger partial charge on any atom is -0.469 e. The third kappa shape index (κ3) is 6.25. The van der Waals surface area contributed by atoms with E-state index in [1.54, 1.807) is 0 Å². The molecule has 272 valence electrons. The Labute approximate surface area is 320 Å². The van der Waals surface area contributed by atoms with Gasteiger partial charge in [-0.2, -0.15) is 0 Å². The van der Waals surface area contributed by atoms with Gasteiger partial charge in [-0.15, -0.1) is 0 Å². The third-order valence-electron chi connectivity index (χ3n) is 12.0. The first-order valence-electron chi connectivity index (χ1n) is 19.1. The lowest BCUT2D eigenvalue weighted by Gasteiger charge is -2.40. The van der Waals surface area contributed by atoms with Crippen LogP contribution in [0, 0.1) is 26.2 Å². The Balaban J connectivity index is 1.28. The predicted octanol–water partition coefficient (Wildman–Crippen LogP) is 8.82. The summed E-state index contributed by atoms with van der Waals surface area (Å²) in [6.07, 6.45) is 3.36. The largest absolute Gasteiger partial charge is 0.469 e. The second kappa shape index (κ2) is 14.3. The lowest BCUT2D eigenvalue weighted by atomic mass is 9.58. The maximum Gasteiger partial charge on any atom is 0.409 e. The molecule has 1 unspecified atom stereocenters. The molecule has 0 aromatic heterocycles. The molecule has 7 heteroatoms. The molecule has 0 fully saturated rings. The van der Waals surface area contributed by atoms with E-state index in [-0.39, 0.29) is 13.0 Å². The standard InChI is InChI=1S/C47H48BN2O3P/c1-32-27-36-19-15-25-42-44(36)43(28-32)50(31-35-17-9-6-10-18-35)48(49-42)45-34(3)41-30-47(4,46(51)53-5)29-40(41)33(2)39(45)24-16-26-54(52,37-20-11-7-12-21-37)38-22-13-8-14-23-38/h6-15,17-23,25,27-28,49H,16,24,26,29-31H2,1-5H3. The number of hydrogen-bond acceptors (Lipinski definition) is 5. The SMILES string of the molecule is COC(=O)C1(C)Cc2c(C)c(CCCP(=O)(c3ccccc3)c3ccccc3)c(B3Nc4cccc5cc(C)cc(c45)N3Cc3ccccc3)c(C)c2C1. The molecule has 1 heterocycles. The molecular weight excluding hydrogens is 682 g/mol. The van der Waals surface area contributed by atoms with Crippen LogP contribution in [0.2, 0.25) is 0 Å². The highest BCUT2D eigenvalue weighted by Gasteiger charge is 2.45. The van der Waals surface area contributed by atoms with E-state index in [0.29, 0.717) is 19.0 Å². The summed E-state index contributed by atoms with van der Waals surface area (Å²) in [7, 11) is -1.41. The molecule has 1 N–H and O–H groups in total. The van der Waals surface area contributed by atoms with Crippen molar-refractivity contribution in [2.24, 2.45) is 5.41 Å². The molecule has 0 saturated heterocycles. The molecule has 1 atom stereocenters. The fourth-order valence-electron chi connectivity index (χ4n) is 9.30. The summed E-state index contributed by atoms with van der Waals surface area (Å²) in [6, 6.07) is 41.9. The van der Waals surface area contributed by atoms with Gasteiger partial charge in [-0.1, -0.05) is 109 Å². The number of nitrogens with one attached hydrogen (secondary N) is 1. The maximum atomic E-state index is 15.2. The molecule has 5 nitrogen and oxygen atoms in total. The monoisotopic (exact) mass is 730 g/mol. The number of methoxy groups -OCH3 is 1.